The van der Waals surface area contributed by atoms with Crippen molar-refractivity contribution in [1.82, 2.24) is 4.98 Å². The molecule has 0 radical (unpaired) electrons. The van der Waals surface area contributed by atoms with Crippen molar-refractivity contribution in [2.45, 2.75) is 95.5 Å². The fourth-order valence-corrected chi connectivity index (χ4v) is 5.47. The molecule has 0 amide bonds. The third-order valence-electron chi connectivity index (χ3n) is 7.49. The number of halogens is 2. The lowest BCUT2D eigenvalue weighted by atomic mass is 9.76. The first-order valence-corrected chi connectivity index (χ1v) is 12.8. The Kier molecular flexibility index (Phi) is 8.34. The highest BCUT2D eigenvalue weighted by atomic mass is 19.2. The maximum absolute atomic E-state index is 14.6. The summed E-state index contributed by atoms with van der Waals surface area (Å²) >= 11 is 0. The molecule has 1 aliphatic carbocycles. The molecule has 2 fully saturated rings. The van der Waals surface area contributed by atoms with Crippen LogP contribution in [0.1, 0.15) is 106 Å². The summed E-state index contributed by atoms with van der Waals surface area (Å²) in [6.07, 6.45) is 12.0. The highest BCUT2D eigenvalue weighted by molar-refractivity contribution is 5.33. The van der Waals surface area contributed by atoms with Gasteiger partial charge in [-0.25, -0.2) is 4.39 Å². The zero-order chi connectivity index (χ0) is 23.2. The average molecular weight is 458 g/mol. The molecule has 4 rings (SSSR count). The molecule has 0 spiro atoms. The van der Waals surface area contributed by atoms with Crippen LogP contribution in [-0.2, 0) is 4.74 Å². The molecule has 2 aliphatic rings. The molecular formula is C28H37F2NO2. The molecule has 2 unspecified atom stereocenters. The minimum absolute atomic E-state index is 0.00144. The van der Waals surface area contributed by atoms with Crippen molar-refractivity contribution in [2.24, 2.45) is 0 Å². The van der Waals surface area contributed by atoms with Crippen LogP contribution >= 0.6 is 0 Å². The summed E-state index contributed by atoms with van der Waals surface area (Å²) in [5.74, 6) is -0.733. The summed E-state index contributed by atoms with van der Waals surface area (Å²) < 4.78 is 40.2. The molecule has 1 saturated carbocycles. The minimum Gasteiger partial charge on any atom is -0.491 e. The Labute approximate surface area is 196 Å². The third kappa shape index (κ3) is 5.74. The average Bonchev–Trinajstić information content (AvgIpc) is 2.86. The number of benzene rings is 1. The summed E-state index contributed by atoms with van der Waals surface area (Å²) in [6, 6.07) is 7.65. The van der Waals surface area contributed by atoms with Gasteiger partial charge in [-0.05, 0) is 87.0 Å². The number of unbranched alkanes of at least 4 members (excludes halogenated alkanes) is 1. The SMILES string of the molecule is CCCCC1CCC(c2ccc(C3CCC(c4ccc(OCC)c(F)c4F)CC3)cn2)CO1. The number of hydrogen-bond acceptors (Lipinski definition) is 3. The molecule has 2 heterocycles. The van der Waals surface area contributed by atoms with Gasteiger partial charge in [0, 0.05) is 17.8 Å². The molecule has 1 aromatic heterocycles. The van der Waals surface area contributed by atoms with Gasteiger partial charge in [0.15, 0.2) is 11.6 Å². The lowest BCUT2D eigenvalue weighted by Crippen LogP contribution is -2.25. The second-order valence-corrected chi connectivity index (χ2v) is 9.65. The summed E-state index contributed by atoms with van der Waals surface area (Å²) in [7, 11) is 0. The standard InChI is InChI=1S/C28H37F2NO2/c1-3-5-6-23-13-11-22(18-33-23)25-15-12-21(17-31-25)19-7-9-20(10-8-19)24-14-16-26(32-4-2)28(30)27(24)29/h12,14-17,19-20,22-23H,3-11,13,18H2,1-2H3. The lowest BCUT2D eigenvalue weighted by molar-refractivity contribution is -0.00264. The van der Waals surface area contributed by atoms with Gasteiger partial charge in [0.2, 0.25) is 5.82 Å². The molecule has 2 atom stereocenters. The Morgan fingerprint density at radius 2 is 1.67 bits per heavy atom. The van der Waals surface area contributed by atoms with Crippen LogP contribution < -0.4 is 4.74 Å². The normalized spacial score (nSPS) is 25.7. The fourth-order valence-electron chi connectivity index (χ4n) is 5.47. The van der Waals surface area contributed by atoms with E-state index < -0.39 is 11.6 Å². The van der Waals surface area contributed by atoms with Crippen molar-refractivity contribution in [3.8, 4) is 5.75 Å². The van der Waals surface area contributed by atoms with Crippen LogP contribution in [0.5, 0.6) is 5.75 Å². The predicted molar refractivity (Wildman–Crippen MR) is 127 cm³/mol. The third-order valence-corrected chi connectivity index (χ3v) is 7.49. The Morgan fingerprint density at radius 3 is 2.30 bits per heavy atom. The van der Waals surface area contributed by atoms with Crippen LogP contribution in [-0.4, -0.2) is 24.3 Å². The van der Waals surface area contributed by atoms with E-state index >= 15 is 0 Å². The lowest BCUT2D eigenvalue weighted by Gasteiger charge is -2.30. The summed E-state index contributed by atoms with van der Waals surface area (Å²) in [4.78, 5) is 4.79. The molecule has 0 N–H and O–H groups in total. The minimum atomic E-state index is -0.861. The zero-order valence-corrected chi connectivity index (χ0v) is 20.0. The van der Waals surface area contributed by atoms with E-state index in [1.54, 1.807) is 19.1 Å². The van der Waals surface area contributed by atoms with E-state index in [-0.39, 0.29) is 11.7 Å². The number of hydrogen-bond donors (Lipinski definition) is 0. The van der Waals surface area contributed by atoms with Crippen LogP contribution in [0.3, 0.4) is 0 Å². The largest absolute Gasteiger partial charge is 0.491 e. The molecular weight excluding hydrogens is 420 g/mol. The Morgan fingerprint density at radius 1 is 0.909 bits per heavy atom. The monoisotopic (exact) mass is 457 g/mol. The quantitative estimate of drug-likeness (QED) is 0.408. The van der Waals surface area contributed by atoms with Crippen molar-refractivity contribution in [3.63, 3.8) is 0 Å². The first-order valence-electron chi connectivity index (χ1n) is 12.8. The van der Waals surface area contributed by atoms with E-state index in [1.807, 2.05) is 6.20 Å². The molecule has 180 valence electrons. The Balaban J connectivity index is 1.31. The van der Waals surface area contributed by atoms with Crippen LogP contribution in [0.4, 0.5) is 8.78 Å². The van der Waals surface area contributed by atoms with Gasteiger partial charge >= 0.3 is 0 Å². The number of ether oxygens (including phenoxy) is 2. The molecule has 1 aromatic carbocycles. The number of aromatic nitrogens is 1. The van der Waals surface area contributed by atoms with Crippen LogP contribution in [0.25, 0.3) is 0 Å². The smallest absolute Gasteiger partial charge is 0.200 e. The van der Waals surface area contributed by atoms with Crippen molar-refractivity contribution in [3.05, 3.63) is 58.9 Å². The van der Waals surface area contributed by atoms with Crippen LogP contribution in [0.15, 0.2) is 30.5 Å². The van der Waals surface area contributed by atoms with Crippen molar-refractivity contribution < 1.29 is 18.3 Å². The number of nitrogens with zero attached hydrogens (tertiary/aromatic N) is 1. The van der Waals surface area contributed by atoms with E-state index in [4.69, 9.17) is 14.5 Å². The highest BCUT2D eigenvalue weighted by Gasteiger charge is 2.28. The molecule has 3 nitrogen and oxygen atoms in total. The molecule has 1 saturated heterocycles. The molecule has 1 aliphatic heterocycles. The summed E-state index contributed by atoms with van der Waals surface area (Å²) in [6.45, 7) is 5.08. The van der Waals surface area contributed by atoms with E-state index in [9.17, 15) is 8.78 Å². The van der Waals surface area contributed by atoms with Gasteiger partial charge in [-0.3, -0.25) is 4.98 Å². The first kappa shape index (κ1) is 24.1. The van der Waals surface area contributed by atoms with E-state index in [0.717, 1.165) is 50.8 Å². The Bertz CT molecular complexity index is 886. The highest BCUT2D eigenvalue weighted by Crippen LogP contribution is 2.42. The molecule has 2 aromatic rings. The van der Waals surface area contributed by atoms with Crippen molar-refractivity contribution >= 4 is 0 Å². The van der Waals surface area contributed by atoms with Gasteiger partial charge < -0.3 is 9.47 Å². The van der Waals surface area contributed by atoms with E-state index in [2.05, 4.69) is 19.1 Å². The molecule has 0 bridgehead atoms. The molecule has 5 heteroatoms. The van der Waals surface area contributed by atoms with Crippen molar-refractivity contribution in [1.29, 1.82) is 0 Å². The van der Waals surface area contributed by atoms with Gasteiger partial charge in [-0.1, -0.05) is 31.9 Å². The van der Waals surface area contributed by atoms with Crippen LogP contribution in [0.2, 0.25) is 0 Å². The second-order valence-electron chi connectivity index (χ2n) is 9.65. The fraction of sp³-hybridized carbons (Fsp3) is 0.607. The van der Waals surface area contributed by atoms with Gasteiger partial charge in [0.05, 0.1) is 19.3 Å². The van der Waals surface area contributed by atoms with Gasteiger partial charge in [0.1, 0.15) is 0 Å². The Hall–Kier alpha value is -2.01. The van der Waals surface area contributed by atoms with E-state index in [1.165, 1.54) is 24.8 Å². The summed E-state index contributed by atoms with van der Waals surface area (Å²) in [5, 5.41) is 0. The van der Waals surface area contributed by atoms with E-state index in [0.29, 0.717) is 30.1 Å². The van der Waals surface area contributed by atoms with Gasteiger partial charge in [-0.15, -0.1) is 0 Å². The second kappa shape index (κ2) is 11.4. The van der Waals surface area contributed by atoms with Gasteiger partial charge in [0.25, 0.3) is 0 Å². The predicted octanol–water partition coefficient (Wildman–Crippen LogP) is 7.65. The maximum atomic E-state index is 14.6. The number of pyridine rings is 1. The van der Waals surface area contributed by atoms with Gasteiger partial charge in [-0.2, -0.15) is 4.39 Å². The number of rotatable bonds is 8. The van der Waals surface area contributed by atoms with Crippen LogP contribution in [0, 0.1) is 11.6 Å². The van der Waals surface area contributed by atoms with Crippen molar-refractivity contribution in [2.75, 3.05) is 13.2 Å². The zero-order valence-electron chi connectivity index (χ0n) is 20.0. The first-order chi connectivity index (χ1) is 16.1. The molecule has 33 heavy (non-hydrogen) atoms. The topological polar surface area (TPSA) is 31.4 Å². The maximum Gasteiger partial charge on any atom is 0.200 e. The summed E-state index contributed by atoms with van der Waals surface area (Å²) in [5.41, 5.74) is 2.87.